The van der Waals surface area contributed by atoms with Crippen LogP contribution in [-0.4, -0.2) is 45.7 Å². The van der Waals surface area contributed by atoms with Crippen molar-refractivity contribution in [2.75, 3.05) is 33.9 Å². The molecule has 0 aromatic heterocycles. The van der Waals surface area contributed by atoms with Gasteiger partial charge in [-0.3, -0.25) is 9.59 Å². The van der Waals surface area contributed by atoms with Crippen molar-refractivity contribution in [2.45, 2.75) is 6.42 Å². The predicted octanol–water partition coefficient (Wildman–Crippen LogP) is 0.578. The zero-order valence-electron chi connectivity index (χ0n) is 11.8. The highest BCUT2D eigenvalue weighted by molar-refractivity contribution is 5.94. The molecule has 110 valence electrons. The second kappa shape index (κ2) is 8.92. The lowest BCUT2D eigenvalue weighted by Gasteiger charge is -2.07. The minimum Gasteiger partial charge on any atom is -0.497 e. The van der Waals surface area contributed by atoms with E-state index in [4.69, 9.17) is 9.47 Å². The molecule has 2 N–H and O–H groups in total. The molecular weight excluding hydrogens is 260 g/mol. The highest BCUT2D eigenvalue weighted by Crippen LogP contribution is 2.12. The molecule has 1 aromatic carbocycles. The maximum atomic E-state index is 11.8. The van der Waals surface area contributed by atoms with Crippen molar-refractivity contribution < 1.29 is 19.1 Å². The summed E-state index contributed by atoms with van der Waals surface area (Å²) in [4.78, 5) is 23.2. The molecule has 0 unspecified atom stereocenters. The van der Waals surface area contributed by atoms with Crippen molar-refractivity contribution in [3.05, 3.63) is 29.8 Å². The first kappa shape index (κ1) is 16.0. The van der Waals surface area contributed by atoms with Crippen molar-refractivity contribution >= 4 is 11.8 Å². The molecule has 0 saturated carbocycles. The molecule has 0 spiro atoms. The van der Waals surface area contributed by atoms with Gasteiger partial charge in [0.25, 0.3) is 5.91 Å². The first-order valence-electron chi connectivity index (χ1n) is 6.35. The van der Waals surface area contributed by atoms with E-state index in [0.717, 1.165) is 0 Å². The topological polar surface area (TPSA) is 76.7 Å². The lowest BCUT2D eigenvalue weighted by atomic mass is 10.2. The van der Waals surface area contributed by atoms with Crippen LogP contribution in [0.2, 0.25) is 0 Å². The van der Waals surface area contributed by atoms with Crippen LogP contribution in [0.3, 0.4) is 0 Å². The van der Waals surface area contributed by atoms with E-state index in [1.54, 1.807) is 38.5 Å². The van der Waals surface area contributed by atoms with E-state index in [1.165, 1.54) is 0 Å². The normalized spacial score (nSPS) is 9.90. The maximum Gasteiger partial charge on any atom is 0.251 e. The molecule has 0 radical (unpaired) electrons. The summed E-state index contributed by atoms with van der Waals surface area (Å²) in [7, 11) is 3.11. The summed E-state index contributed by atoms with van der Waals surface area (Å²) in [6.07, 6.45) is 0.236. The zero-order valence-corrected chi connectivity index (χ0v) is 11.8. The fraction of sp³-hybridized carbons (Fsp3) is 0.429. The largest absolute Gasteiger partial charge is 0.497 e. The number of ether oxygens (including phenoxy) is 2. The lowest BCUT2D eigenvalue weighted by molar-refractivity contribution is -0.121. The van der Waals surface area contributed by atoms with Gasteiger partial charge in [-0.25, -0.2) is 0 Å². The number of rotatable bonds is 8. The van der Waals surface area contributed by atoms with E-state index >= 15 is 0 Å². The van der Waals surface area contributed by atoms with Crippen molar-refractivity contribution in [3.8, 4) is 5.75 Å². The molecule has 0 aliphatic carbocycles. The summed E-state index contributed by atoms with van der Waals surface area (Å²) in [6.45, 7) is 1.23. The highest BCUT2D eigenvalue weighted by atomic mass is 16.5. The Morgan fingerprint density at radius 1 is 1.15 bits per heavy atom. The Hall–Kier alpha value is -2.08. The van der Waals surface area contributed by atoms with Gasteiger partial charge in [-0.2, -0.15) is 0 Å². The number of carbonyl (C=O) groups is 2. The van der Waals surface area contributed by atoms with Gasteiger partial charge in [0.15, 0.2) is 0 Å². The molecular formula is C14H20N2O4. The van der Waals surface area contributed by atoms with Crippen molar-refractivity contribution in [1.82, 2.24) is 10.6 Å². The van der Waals surface area contributed by atoms with E-state index in [0.29, 0.717) is 24.5 Å². The molecule has 0 atom stereocenters. The maximum absolute atomic E-state index is 11.8. The van der Waals surface area contributed by atoms with Gasteiger partial charge in [-0.1, -0.05) is 6.07 Å². The fourth-order valence-electron chi connectivity index (χ4n) is 1.54. The van der Waals surface area contributed by atoms with Crippen LogP contribution in [0.4, 0.5) is 0 Å². The molecule has 0 heterocycles. The van der Waals surface area contributed by atoms with Gasteiger partial charge in [-0.15, -0.1) is 0 Å². The standard InChI is InChI=1S/C14H20N2O4/c1-19-9-8-15-13(17)6-7-16-14(18)11-4-3-5-12(10-11)20-2/h3-5,10H,6-9H2,1-2H3,(H,15,17)(H,16,18). The summed E-state index contributed by atoms with van der Waals surface area (Å²) >= 11 is 0. The van der Waals surface area contributed by atoms with Gasteiger partial charge in [-0.05, 0) is 18.2 Å². The molecule has 0 bridgehead atoms. The third kappa shape index (κ3) is 5.71. The van der Waals surface area contributed by atoms with E-state index in [2.05, 4.69) is 10.6 Å². The minimum atomic E-state index is -0.228. The summed E-state index contributed by atoms with van der Waals surface area (Å²) < 4.78 is 9.86. The highest BCUT2D eigenvalue weighted by Gasteiger charge is 2.07. The van der Waals surface area contributed by atoms with Crippen LogP contribution >= 0.6 is 0 Å². The molecule has 2 amide bonds. The van der Waals surface area contributed by atoms with Crippen LogP contribution in [0.15, 0.2) is 24.3 Å². The molecule has 6 heteroatoms. The number of methoxy groups -OCH3 is 2. The average molecular weight is 280 g/mol. The average Bonchev–Trinajstić information content (AvgIpc) is 2.47. The number of hydrogen-bond acceptors (Lipinski definition) is 4. The Balaban J connectivity index is 2.30. The van der Waals surface area contributed by atoms with E-state index < -0.39 is 0 Å². The van der Waals surface area contributed by atoms with Crippen molar-refractivity contribution in [2.24, 2.45) is 0 Å². The Morgan fingerprint density at radius 3 is 2.65 bits per heavy atom. The van der Waals surface area contributed by atoms with E-state index in [9.17, 15) is 9.59 Å². The van der Waals surface area contributed by atoms with Gasteiger partial charge in [0, 0.05) is 32.2 Å². The van der Waals surface area contributed by atoms with Crippen LogP contribution in [0.25, 0.3) is 0 Å². The molecule has 1 aromatic rings. The summed E-state index contributed by atoms with van der Waals surface area (Å²) in [6, 6.07) is 6.84. The van der Waals surface area contributed by atoms with Gasteiger partial charge >= 0.3 is 0 Å². The second-order valence-corrected chi connectivity index (χ2v) is 4.08. The van der Waals surface area contributed by atoms with Gasteiger partial charge in [0.2, 0.25) is 5.91 Å². The van der Waals surface area contributed by atoms with Crippen LogP contribution in [0, 0.1) is 0 Å². The molecule has 20 heavy (non-hydrogen) atoms. The first-order valence-corrected chi connectivity index (χ1v) is 6.35. The summed E-state index contributed by atoms with van der Waals surface area (Å²) in [5.74, 6) is 0.275. The van der Waals surface area contributed by atoms with Crippen LogP contribution in [-0.2, 0) is 9.53 Å². The monoisotopic (exact) mass is 280 g/mol. The molecule has 6 nitrogen and oxygen atoms in total. The second-order valence-electron chi connectivity index (χ2n) is 4.08. The van der Waals surface area contributed by atoms with Gasteiger partial charge in [0.05, 0.1) is 13.7 Å². The number of carbonyl (C=O) groups excluding carboxylic acids is 2. The number of hydrogen-bond donors (Lipinski definition) is 2. The SMILES string of the molecule is COCCNC(=O)CCNC(=O)c1cccc(OC)c1. The number of amides is 2. The van der Waals surface area contributed by atoms with Crippen LogP contribution < -0.4 is 15.4 Å². The third-order valence-corrected chi connectivity index (χ3v) is 2.60. The minimum absolute atomic E-state index is 0.118. The number of nitrogens with one attached hydrogen (secondary N) is 2. The Kier molecular flexibility index (Phi) is 7.13. The molecule has 0 aliphatic heterocycles. The summed E-state index contributed by atoms with van der Waals surface area (Å²) in [5, 5.41) is 5.37. The van der Waals surface area contributed by atoms with Crippen LogP contribution in [0.1, 0.15) is 16.8 Å². The van der Waals surface area contributed by atoms with Gasteiger partial charge < -0.3 is 20.1 Å². The predicted molar refractivity (Wildman–Crippen MR) is 74.8 cm³/mol. The van der Waals surface area contributed by atoms with E-state index in [-0.39, 0.29) is 24.8 Å². The fourth-order valence-corrected chi connectivity index (χ4v) is 1.54. The third-order valence-electron chi connectivity index (χ3n) is 2.60. The van der Waals surface area contributed by atoms with Gasteiger partial charge in [0.1, 0.15) is 5.75 Å². The van der Waals surface area contributed by atoms with Crippen LogP contribution in [0.5, 0.6) is 5.75 Å². The quantitative estimate of drug-likeness (QED) is 0.683. The summed E-state index contributed by atoms with van der Waals surface area (Å²) in [5.41, 5.74) is 0.504. The Morgan fingerprint density at radius 2 is 1.95 bits per heavy atom. The van der Waals surface area contributed by atoms with Crippen molar-refractivity contribution in [1.29, 1.82) is 0 Å². The molecule has 0 fully saturated rings. The number of benzene rings is 1. The van der Waals surface area contributed by atoms with Crippen molar-refractivity contribution in [3.63, 3.8) is 0 Å². The Bertz CT molecular complexity index is 449. The zero-order chi connectivity index (χ0) is 14.8. The molecule has 0 aliphatic rings. The molecule has 1 rings (SSSR count). The first-order chi connectivity index (χ1) is 9.67. The smallest absolute Gasteiger partial charge is 0.251 e. The van der Waals surface area contributed by atoms with E-state index in [1.807, 2.05) is 0 Å². The Labute approximate surface area is 118 Å². The molecule has 0 saturated heterocycles. The lowest BCUT2D eigenvalue weighted by Crippen LogP contribution is -2.32.